The van der Waals surface area contributed by atoms with Crippen LogP contribution in [0, 0.1) is 5.82 Å². The second-order valence-electron chi connectivity index (χ2n) is 9.10. The van der Waals surface area contributed by atoms with Gasteiger partial charge in [-0.1, -0.05) is 36.4 Å². The zero-order valence-electron chi connectivity index (χ0n) is 19.7. The van der Waals surface area contributed by atoms with E-state index in [4.69, 9.17) is 15.1 Å². The van der Waals surface area contributed by atoms with E-state index in [2.05, 4.69) is 5.32 Å². The molecule has 0 fully saturated rings. The molecule has 1 amide bonds. The van der Waals surface area contributed by atoms with Gasteiger partial charge in [0.1, 0.15) is 5.82 Å². The second-order valence-corrected chi connectivity index (χ2v) is 9.10. The molecule has 36 heavy (non-hydrogen) atoms. The van der Waals surface area contributed by atoms with Gasteiger partial charge in [-0.3, -0.25) is 9.59 Å². The highest BCUT2D eigenvalue weighted by atomic mass is 19.1. The summed E-state index contributed by atoms with van der Waals surface area (Å²) >= 11 is 0. The first-order chi connectivity index (χ1) is 17.5. The minimum absolute atomic E-state index is 0.0448. The number of amides is 1. The highest BCUT2D eigenvalue weighted by Crippen LogP contribution is 2.31. The summed E-state index contributed by atoms with van der Waals surface area (Å²) in [6.07, 6.45) is 3.43. The third kappa shape index (κ3) is 5.10. The van der Waals surface area contributed by atoms with E-state index in [1.54, 1.807) is 30.3 Å². The van der Waals surface area contributed by atoms with E-state index in [9.17, 15) is 14.0 Å². The fraction of sp³-hybridized carbons (Fsp3) is 0.241. The van der Waals surface area contributed by atoms with Crippen molar-refractivity contribution in [3.8, 4) is 11.3 Å². The van der Waals surface area contributed by atoms with Crippen molar-refractivity contribution in [2.45, 2.75) is 44.6 Å². The van der Waals surface area contributed by atoms with Gasteiger partial charge < -0.3 is 10.4 Å². The van der Waals surface area contributed by atoms with Crippen molar-refractivity contribution >= 4 is 22.9 Å². The van der Waals surface area contributed by atoms with Crippen LogP contribution in [-0.4, -0.2) is 27.0 Å². The number of carboxylic acid groups (broad SMARTS) is 1. The molecule has 3 aromatic carbocycles. The number of nitrogens with one attached hydrogen (secondary N) is 1. The third-order valence-electron chi connectivity index (χ3n) is 6.57. The van der Waals surface area contributed by atoms with Crippen molar-refractivity contribution in [3.63, 3.8) is 0 Å². The molecular formula is C29H26FN3O3. The molecule has 0 spiro atoms. The molecule has 1 aliphatic carbocycles. The Morgan fingerprint density at radius 3 is 2.64 bits per heavy atom. The van der Waals surface area contributed by atoms with Crippen LogP contribution < -0.4 is 5.32 Å². The number of nitrogens with zero attached hydrogens (tertiary/aromatic N) is 2. The highest BCUT2D eigenvalue weighted by molar-refractivity contribution is 5.97. The molecule has 0 unspecified atom stereocenters. The first-order valence-electron chi connectivity index (χ1n) is 12.1. The fourth-order valence-electron chi connectivity index (χ4n) is 4.82. The van der Waals surface area contributed by atoms with E-state index < -0.39 is 5.97 Å². The molecule has 2 N–H and O–H groups in total. The summed E-state index contributed by atoms with van der Waals surface area (Å²) in [5.41, 5.74) is 5.94. The van der Waals surface area contributed by atoms with E-state index in [0.29, 0.717) is 35.1 Å². The number of carbonyl (C=O) groups excluding carboxylic acids is 1. The van der Waals surface area contributed by atoms with Gasteiger partial charge in [-0.05, 0) is 73.6 Å². The maximum Gasteiger partial charge on any atom is 0.303 e. The smallest absolute Gasteiger partial charge is 0.303 e. The average molecular weight is 484 g/mol. The Bertz CT molecular complexity index is 1440. The lowest BCUT2D eigenvalue weighted by atomic mass is 9.87. The standard InChI is InChI=1S/C29H26FN3O3/c30-21-13-14-22-19(16-21)8-4-9-23(22)33-29(36)20-12-15-24-26(17-20)31-25(10-5-11-27(34)35)28(32-24)18-6-2-1-3-7-18/h1-3,6-7,12-17,23H,4-5,8-11H2,(H,33,36)(H,34,35)/t23-/m1/s1. The fourth-order valence-corrected chi connectivity index (χ4v) is 4.82. The number of fused-ring (bicyclic) bond motifs is 2. The summed E-state index contributed by atoms with van der Waals surface area (Å²) < 4.78 is 13.7. The van der Waals surface area contributed by atoms with Crippen LogP contribution in [0.3, 0.4) is 0 Å². The Labute approximate surface area is 208 Å². The monoisotopic (exact) mass is 483 g/mol. The van der Waals surface area contributed by atoms with Crippen molar-refractivity contribution in [1.29, 1.82) is 0 Å². The lowest BCUT2D eigenvalue weighted by molar-refractivity contribution is -0.137. The first-order valence-corrected chi connectivity index (χ1v) is 12.1. The lowest BCUT2D eigenvalue weighted by Crippen LogP contribution is -2.31. The maximum absolute atomic E-state index is 13.7. The molecule has 1 aromatic heterocycles. The van der Waals surface area contributed by atoms with Crippen LogP contribution in [0.5, 0.6) is 0 Å². The number of aliphatic carboxylic acids is 1. The number of halogens is 1. The highest BCUT2D eigenvalue weighted by Gasteiger charge is 2.23. The van der Waals surface area contributed by atoms with Gasteiger partial charge in [0.05, 0.1) is 28.5 Å². The van der Waals surface area contributed by atoms with E-state index in [0.717, 1.165) is 41.6 Å². The largest absolute Gasteiger partial charge is 0.481 e. The summed E-state index contributed by atoms with van der Waals surface area (Å²) in [4.78, 5) is 33.8. The molecule has 1 aliphatic rings. The Morgan fingerprint density at radius 1 is 1.00 bits per heavy atom. The molecule has 1 atom stereocenters. The number of rotatable bonds is 7. The van der Waals surface area contributed by atoms with Gasteiger partial charge in [0.25, 0.3) is 5.91 Å². The van der Waals surface area contributed by atoms with Gasteiger partial charge in [0, 0.05) is 17.5 Å². The number of aryl methyl sites for hydroxylation is 2. The predicted molar refractivity (Wildman–Crippen MR) is 135 cm³/mol. The summed E-state index contributed by atoms with van der Waals surface area (Å²) in [7, 11) is 0. The van der Waals surface area contributed by atoms with Gasteiger partial charge in [0.15, 0.2) is 0 Å². The Kier molecular flexibility index (Phi) is 6.71. The molecule has 6 nitrogen and oxygen atoms in total. The van der Waals surface area contributed by atoms with Gasteiger partial charge in [0.2, 0.25) is 0 Å². The third-order valence-corrected chi connectivity index (χ3v) is 6.57. The van der Waals surface area contributed by atoms with Crippen molar-refractivity contribution < 1.29 is 19.1 Å². The number of aromatic nitrogens is 2. The van der Waals surface area contributed by atoms with E-state index in [1.165, 1.54) is 6.07 Å². The summed E-state index contributed by atoms with van der Waals surface area (Å²) in [6, 6.07) is 19.5. The van der Waals surface area contributed by atoms with E-state index in [-0.39, 0.29) is 24.2 Å². The second kappa shape index (κ2) is 10.2. The zero-order chi connectivity index (χ0) is 25.1. The normalized spacial score (nSPS) is 14.9. The maximum atomic E-state index is 13.7. The SMILES string of the molecule is O=C(O)CCCc1nc2cc(C(=O)N[C@@H]3CCCc4cc(F)ccc43)ccc2nc1-c1ccccc1. The molecule has 0 saturated carbocycles. The minimum atomic E-state index is -0.851. The van der Waals surface area contributed by atoms with Crippen LogP contribution in [0.15, 0.2) is 66.7 Å². The van der Waals surface area contributed by atoms with E-state index >= 15 is 0 Å². The minimum Gasteiger partial charge on any atom is -0.481 e. The molecule has 182 valence electrons. The van der Waals surface area contributed by atoms with Crippen molar-refractivity contribution in [3.05, 3.63) is 94.9 Å². The Morgan fingerprint density at radius 2 is 1.83 bits per heavy atom. The van der Waals surface area contributed by atoms with Crippen molar-refractivity contribution in [2.75, 3.05) is 0 Å². The van der Waals surface area contributed by atoms with Gasteiger partial charge in [-0.2, -0.15) is 0 Å². The lowest BCUT2D eigenvalue weighted by Gasteiger charge is -2.26. The number of carboxylic acids is 1. The van der Waals surface area contributed by atoms with Crippen LogP contribution in [0.25, 0.3) is 22.3 Å². The molecule has 0 bridgehead atoms. The molecular weight excluding hydrogens is 457 g/mol. The van der Waals surface area contributed by atoms with Gasteiger partial charge >= 0.3 is 5.97 Å². The molecule has 1 heterocycles. The molecule has 0 saturated heterocycles. The van der Waals surface area contributed by atoms with Gasteiger partial charge in [-0.25, -0.2) is 14.4 Å². The van der Waals surface area contributed by atoms with Crippen LogP contribution >= 0.6 is 0 Å². The molecule has 4 aromatic rings. The average Bonchev–Trinajstić information content (AvgIpc) is 2.88. The number of hydrogen-bond acceptors (Lipinski definition) is 4. The van der Waals surface area contributed by atoms with E-state index in [1.807, 2.05) is 30.3 Å². The molecule has 0 aliphatic heterocycles. The Balaban J connectivity index is 1.44. The summed E-state index contributed by atoms with van der Waals surface area (Å²) in [5, 5.41) is 12.2. The summed E-state index contributed by atoms with van der Waals surface area (Å²) in [6.45, 7) is 0. The molecule has 7 heteroatoms. The zero-order valence-corrected chi connectivity index (χ0v) is 19.7. The topological polar surface area (TPSA) is 92.2 Å². The van der Waals surface area contributed by atoms with Crippen LogP contribution in [0.1, 0.15) is 58.9 Å². The van der Waals surface area contributed by atoms with Crippen LogP contribution in [-0.2, 0) is 17.6 Å². The quantitative estimate of drug-likeness (QED) is 0.354. The first kappa shape index (κ1) is 23.6. The van der Waals surface area contributed by atoms with Crippen LogP contribution in [0.4, 0.5) is 4.39 Å². The van der Waals surface area contributed by atoms with Gasteiger partial charge in [-0.15, -0.1) is 0 Å². The summed E-state index contributed by atoms with van der Waals surface area (Å²) in [5.74, 6) is -1.33. The Hall–Kier alpha value is -4.13. The van der Waals surface area contributed by atoms with Crippen LogP contribution in [0.2, 0.25) is 0 Å². The van der Waals surface area contributed by atoms with Crippen molar-refractivity contribution in [2.24, 2.45) is 0 Å². The molecule has 5 rings (SSSR count). The van der Waals surface area contributed by atoms with Crippen molar-refractivity contribution in [1.82, 2.24) is 15.3 Å². The molecule has 0 radical (unpaired) electrons. The number of hydrogen-bond donors (Lipinski definition) is 2. The number of carbonyl (C=O) groups is 2. The predicted octanol–water partition coefficient (Wildman–Crippen LogP) is 5.65. The number of benzene rings is 3.